The fourth-order valence-corrected chi connectivity index (χ4v) is 3.12. The molecule has 0 aliphatic carbocycles. The van der Waals surface area contributed by atoms with Crippen LogP contribution in [0.25, 0.3) is 11.4 Å². The van der Waals surface area contributed by atoms with Crippen molar-refractivity contribution < 1.29 is 13.7 Å². The van der Waals surface area contributed by atoms with E-state index in [1.54, 1.807) is 12.1 Å². The lowest BCUT2D eigenvalue weighted by molar-refractivity contribution is -0.134. The number of hydrogen-bond donors (Lipinski definition) is 0. The monoisotopic (exact) mass is 345 g/mol. The van der Waals surface area contributed by atoms with Crippen LogP contribution in [-0.2, 0) is 4.79 Å². The molecule has 0 radical (unpaired) electrons. The molecule has 25 heavy (non-hydrogen) atoms. The largest absolute Gasteiger partial charge is 0.342 e. The predicted molar refractivity (Wildman–Crippen MR) is 92.3 cm³/mol. The van der Waals surface area contributed by atoms with Gasteiger partial charge in [0.2, 0.25) is 17.6 Å². The molecule has 1 aliphatic rings. The number of benzene rings is 1. The zero-order chi connectivity index (χ0) is 18.0. The second-order valence-electron chi connectivity index (χ2n) is 7.88. The summed E-state index contributed by atoms with van der Waals surface area (Å²) in [6, 6.07) is 6.13. The van der Waals surface area contributed by atoms with Crippen molar-refractivity contribution in [1.29, 1.82) is 0 Å². The number of halogens is 1. The third-order valence-electron chi connectivity index (χ3n) is 4.33. The van der Waals surface area contributed by atoms with Crippen LogP contribution in [-0.4, -0.2) is 34.0 Å². The van der Waals surface area contributed by atoms with Gasteiger partial charge in [0.05, 0.1) is 5.92 Å². The molecule has 0 bridgehead atoms. The number of aromatic nitrogens is 2. The van der Waals surface area contributed by atoms with Gasteiger partial charge in [-0.1, -0.05) is 38.1 Å². The zero-order valence-electron chi connectivity index (χ0n) is 15.0. The molecule has 1 aliphatic heterocycles. The van der Waals surface area contributed by atoms with E-state index >= 15 is 0 Å². The van der Waals surface area contributed by atoms with Crippen molar-refractivity contribution in [3.63, 3.8) is 0 Å². The van der Waals surface area contributed by atoms with E-state index in [0.29, 0.717) is 30.2 Å². The number of hydrogen-bond acceptors (Lipinski definition) is 4. The zero-order valence-corrected chi connectivity index (χ0v) is 15.0. The highest BCUT2D eigenvalue weighted by Gasteiger charge is 2.30. The number of likely N-dealkylation sites (tertiary alicyclic amines) is 1. The van der Waals surface area contributed by atoms with E-state index in [2.05, 4.69) is 30.9 Å². The van der Waals surface area contributed by atoms with Gasteiger partial charge in [-0.05, 0) is 30.4 Å². The van der Waals surface area contributed by atoms with Gasteiger partial charge in [-0.15, -0.1) is 0 Å². The molecule has 1 atom stereocenters. The summed E-state index contributed by atoms with van der Waals surface area (Å²) in [7, 11) is 0. The molecule has 1 amide bonds. The number of carbonyl (C=O) groups excluding carboxylic acids is 1. The smallest absolute Gasteiger partial charge is 0.231 e. The first-order valence-corrected chi connectivity index (χ1v) is 8.69. The fraction of sp³-hybridized carbons (Fsp3) is 0.526. The molecule has 134 valence electrons. The van der Waals surface area contributed by atoms with Gasteiger partial charge < -0.3 is 9.42 Å². The molecule has 1 aromatic heterocycles. The number of rotatable bonds is 3. The van der Waals surface area contributed by atoms with E-state index in [1.165, 1.54) is 12.1 Å². The Bertz CT molecular complexity index is 751. The first kappa shape index (κ1) is 17.6. The highest BCUT2D eigenvalue weighted by molar-refractivity contribution is 5.77. The number of carbonyl (C=O) groups is 1. The van der Waals surface area contributed by atoms with E-state index in [-0.39, 0.29) is 23.1 Å². The van der Waals surface area contributed by atoms with Gasteiger partial charge >= 0.3 is 0 Å². The molecule has 1 aromatic carbocycles. The molecule has 1 saturated heterocycles. The van der Waals surface area contributed by atoms with Gasteiger partial charge in [-0.2, -0.15) is 4.98 Å². The summed E-state index contributed by atoms with van der Waals surface area (Å²) in [5.41, 5.74) is 0.561. The Hall–Kier alpha value is -2.24. The first-order chi connectivity index (χ1) is 11.8. The van der Waals surface area contributed by atoms with E-state index < -0.39 is 0 Å². The lowest BCUT2D eigenvalue weighted by Crippen LogP contribution is -2.40. The molecule has 5 nitrogen and oxygen atoms in total. The Morgan fingerprint density at radius 2 is 2.20 bits per heavy atom. The second kappa shape index (κ2) is 6.94. The molecular weight excluding hydrogens is 321 g/mol. The lowest BCUT2D eigenvalue weighted by Gasteiger charge is -2.33. The van der Waals surface area contributed by atoms with Crippen LogP contribution in [0, 0.1) is 11.2 Å². The van der Waals surface area contributed by atoms with E-state index in [1.807, 2.05) is 4.90 Å². The topological polar surface area (TPSA) is 59.2 Å². The van der Waals surface area contributed by atoms with Gasteiger partial charge in [-0.25, -0.2) is 4.39 Å². The SMILES string of the molecule is CC(C)(C)CC(=O)N1CCCC(c2nc(-c3cccc(F)c3)no2)C1. The number of amides is 1. The fourth-order valence-electron chi connectivity index (χ4n) is 3.12. The lowest BCUT2D eigenvalue weighted by atomic mass is 9.90. The quantitative estimate of drug-likeness (QED) is 0.843. The summed E-state index contributed by atoms with van der Waals surface area (Å²) in [4.78, 5) is 18.8. The third-order valence-corrected chi connectivity index (χ3v) is 4.33. The third kappa shape index (κ3) is 4.44. The molecule has 0 spiro atoms. The van der Waals surface area contributed by atoms with Crippen molar-refractivity contribution in [2.45, 2.75) is 46.0 Å². The summed E-state index contributed by atoms with van der Waals surface area (Å²) in [6.07, 6.45) is 2.35. The van der Waals surface area contributed by atoms with Gasteiger partial charge in [0.1, 0.15) is 5.82 Å². The predicted octanol–water partition coefficient (Wildman–Crippen LogP) is 4.02. The maximum atomic E-state index is 13.4. The molecular formula is C19H24FN3O2. The normalized spacial score (nSPS) is 18.4. The highest BCUT2D eigenvalue weighted by atomic mass is 19.1. The maximum Gasteiger partial charge on any atom is 0.231 e. The van der Waals surface area contributed by atoms with Crippen molar-refractivity contribution in [2.75, 3.05) is 13.1 Å². The summed E-state index contributed by atoms with van der Waals surface area (Å²) in [6.45, 7) is 7.57. The van der Waals surface area contributed by atoms with Crippen LogP contribution in [0.15, 0.2) is 28.8 Å². The first-order valence-electron chi connectivity index (χ1n) is 8.69. The van der Waals surface area contributed by atoms with Crippen LogP contribution in [0.3, 0.4) is 0 Å². The van der Waals surface area contributed by atoms with Crippen molar-refractivity contribution in [1.82, 2.24) is 15.0 Å². The van der Waals surface area contributed by atoms with Crippen LogP contribution >= 0.6 is 0 Å². The Kier molecular flexibility index (Phi) is 4.88. The van der Waals surface area contributed by atoms with Crippen molar-refractivity contribution in [3.8, 4) is 11.4 Å². The number of piperidine rings is 1. The molecule has 6 heteroatoms. The van der Waals surface area contributed by atoms with Crippen LogP contribution < -0.4 is 0 Å². The van der Waals surface area contributed by atoms with E-state index in [9.17, 15) is 9.18 Å². The van der Waals surface area contributed by atoms with Crippen LogP contribution in [0.5, 0.6) is 0 Å². The maximum absolute atomic E-state index is 13.4. The standard InChI is InChI=1S/C19H24FN3O2/c1-19(2,3)11-16(24)23-9-5-7-14(12-23)18-21-17(22-25-18)13-6-4-8-15(20)10-13/h4,6,8,10,14H,5,7,9,11-12H2,1-3H3. The second-order valence-corrected chi connectivity index (χ2v) is 7.88. The van der Waals surface area contributed by atoms with Crippen molar-refractivity contribution >= 4 is 5.91 Å². The minimum absolute atomic E-state index is 0.0287. The highest BCUT2D eigenvalue weighted by Crippen LogP contribution is 2.29. The molecule has 0 N–H and O–H groups in total. The Morgan fingerprint density at radius 1 is 1.40 bits per heavy atom. The summed E-state index contributed by atoms with van der Waals surface area (Å²) >= 11 is 0. The minimum atomic E-state index is -0.333. The summed E-state index contributed by atoms with van der Waals surface area (Å²) in [5.74, 6) is 0.773. The van der Waals surface area contributed by atoms with Crippen molar-refractivity contribution in [2.24, 2.45) is 5.41 Å². The molecule has 1 unspecified atom stereocenters. The van der Waals surface area contributed by atoms with Crippen LogP contribution in [0.1, 0.15) is 51.8 Å². The van der Waals surface area contributed by atoms with E-state index in [4.69, 9.17) is 4.52 Å². The van der Waals surface area contributed by atoms with Crippen LogP contribution in [0.4, 0.5) is 4.39 Å². The molecule has 2 heterocycles. The molecule has 3 rings (SSSR count). The van der Waals surface area contributed by atoms with Gasteiger partial charge in [0.25, 0.3) is 0 Å². The Balaban J connectivity index is 1.71. The summed E-state index contributed by atoms with van der Waals surface area (Å²) in [5, 5.41) is 3.98. The average molecular weight is 345 g/mol. The van der Waals surface area contributed by atoms with Gasteiger partial charge in [0.15, 0.2) is 0 Å². The van der Waals surface area contributed by atoms with Gasteiger partial charge in [-0.3, -0.25) is 4.79 Å². The Morgan fingerprint density at radius 3 is 2.92 bits per heavy atom. The van der Waals surface area contributed by atoms with Crippen LogP contribution in [0.2, 0.25) is 0 Å². The van der Waals surface area contributed by atoms with Gasteiger partial charge in [0, 0.05) is 25.1 Å². The molecule has 2 aromatic rings. The molecule has 0 saturated carbocycles. The molecule has 1 fully saturated rings. The van der Waals surface area contributed by atoms with Crippen molar-refractivity contribution in [3.05, 3.63) is 36.0 Å². The minimum Gasteiger partial charge on any atom is -0.342 e. The Labute approximate surface area is 147 Å². The van der Waals surface area contributed by atoms with E-state index in [0.717, 1.165) is 19.4 Å². The average Bonchev–Trinajstić information content (AvgIpc) is 3.03. The number of nitrogens with zero attached hydrogens (tertiary/aromatic N) is 3. The summed E-state index contributed by atoms with van der Waals surface area (Å²) < 4.78 is 18.8.